The molecule has 0 amide bonds. The SMILES string of the molecule is O=C(OCc1cc(Cl)cc2c1OCOC2)c1ccc(OC(F)F)cc1. The number of halogens is 3. The third-order valence-corrected chi connectivity index (χ3v) is 3.64. The summed E-state index contributed by atoms with van der Waals surface area (Å²) >= 11 is 6.05. The van der Waals surface area contributed by atoms with E-state index < -0.39 is 12.6 Å². The van der Waals surface area contributed by atoms with Crippen molar-refractivity contribution in [1.29, 1.82) is 0 Å². The number of alkyl halides is 2. The topological polar surface area (TPSA) is 54.0 Å². The average molecular weight is 371 g/mol. The second-order valence-corrected chi connectivity index (χ2v) is 5.58. The van der Waals surface area contributed by atoms with Gasteiger partial charge >= 0.3 is 12.6 Å². The molecule has 2 aromatic carbocycles. The lowest BCUT2D eigenvalue weighted by Gasteiger charge is -2.21. The van der Waals surface area contributed by atoms with E-state index in [0.29, 0.717) is 22.9 Å². The van der Waals surface area contributed by atoms with Crippen molar-refractivity contribution in [3.8, 4) is 11.5 Å². The molecule has 0 fully saturated rings. The second kappa shape index (κ2) is 7.67. The zero-order valence-corrected chi connectivity index (χ0v) is 13.6. The molecule has 1 aliphatic heterocycles. The molecule has 5 nitrogen and oxygen atoms in total. The number of ether oxygens (including phenoxy) is 4. The van der Waals surface area contributed by atoms with Crippen LogP contribution >= 0.6 is 11.6 Å². The van der Waals surface area contributed by atoms with E-state index in [-0.39, 0.29) is 24.7 Å². The molecule has 0 saturated carbocycles. The first-order valence-electron chi connectivity index (χ1n) is 7.27. The van der Waals surface area contributed by atoms with Crippen LogP contribution in [-0.4, -0.2) is 19.4 Å². The highest BCUT2D eigenvalue weighted by molar-refractivity contribution is 6.30. The van der Waals surface area contributed by atoms with Crippen LogP contribution in [0.2, 0.25) is 5.02 Å². The fourth-order valence-electron chi connectivity index (χ4n) is 2.36. The summed E-state index contributed by atoms with van der Waals surface area (Å²) in [5.74, 6) is -0.0580. The minimum Gasteiger partial charge on any atom is -0.467 e. The van der Waals surface area contributed by atoms with Gasteiger partial charge in [-0.1, -0.05) is 11.6 Å². The summed E-state index contributed by atoms with van der Waals surface area (Å²) in [6.07, 6.45) is 0. The van der Waals surface area contributed by atoms with Crippen LogP contribution in [0.15, 0.2) is 36.4 Å². The van der Waals surface area contributed by atoms with Crippen molar-refractivity contribution >= 4 is 17.6 Å². The lowest BCUT2D eigenvalue weighted by Crippen LogP contribution is -2.14. The Balaban J connectivity index is 1.67. The highest BCUT2D eigenvalue weighted by Crippen LogP contribution is 2.32. The summed E-state index contributed by atoms with van der Waals surface area (Å²) in [5.41, 5.74) is 1.61. The van der Waals surface area contributed by atoms with Gasteiger partial charge in [0.05, 0.1) is 12.2 Å². The molecule has 3 rings (SSSR count). The Bertz CT molecular complexity index is 764. The van der Waals surface area contributed by atoms with Crippen molar-refractivity contribution in [1.82, 2.24) is 0 Å². The van der Waals surface area contributed by atoms with Crippen LogP contribution in [-0.2, 0) is 22.7 Å². The first-order valence-corrected chi connectivity index (χ1v) is 7.64. The number of carbonyl (C=O) groups is 1. The average Bonchev–Trinajstić information content (AvgIpc) is 2.59. The molecule has 2 aromatic rings. The first kappa shape index (κ1) is 17.4. The van der Waals surface area contributed by atoms with Gasteiger partial charge in [0.25, 0.3) is 0 Å². The first-order chi connectivity index (χ1) is 12.0. The highest BCUT2D eigenvalue weighted by atomic mass is 35.5. The van der Waals surface area contributed by atoms with Gasteiger partial charge in [-0.2, -0.15) is 8.78 Å². The van der Waals surface area contributed by atoms with Gasteiger partial charge in [0.1, 0.15) is 18.1 Å². The predicted molar refractivity (Wildman–Crippen MR) is 83.9 cm³/mol. The molecule has 0 N–H and O–H groups in total. The summed E-state index contributed by atoms with van der Waals surface area (Å²) in [6.45, 7) is -2.49. The standard InChI is InChI=1S/C17H13ClF2O5/c18-13-5-11-7-22-9-24-15(11)12(6-13)8-23-16(21)10-1-3-14(4-2-10)25-17(19)20/h1-6,17H,7-9H2. The van der Waals surface area contributed by atoms with Crippen molar-refractivity contribution in [3.05, 3.63) is 58.1 Å². The van der Waals surface area contributed by atoms with Gasteiger partial charge in [-0.3, -0.25) is 0 Å². The van der Waals surface area contributed by atoms with E-state index in [1.165, 1.54) is 24.3 Å². The number of hydrogen-bond donors (Lipinski definition) is 0. The Morgan fingerprint density at radius 2 is 2.00 bits per heavy atom. The van der Waals surface area contributed by atoms with Crippen LogP contribution in [0.1, 0.15) is 21.5 Å². The predicted octanol–water partition coefficient (Wildman–Crippen LogP) is 4.16. The van der Waals surface area contributed by atoms with E-state index in [9.17, 15) is 13.6 Å². The molecule has 1 heterocycles. The molecule has 0 radical (unpaired) electrons. The molecule has 1 aliphatic rings. The summed E-state index contributed by atoms with van der Waals surface area (Å²) in [7, 11) is 0. The van der Waals surface area contributed by atoms with Crippen LogP contribution in [0.3, 0.4) is 0 Å². The fourth-order valence-corrected chi connectivity index (χ4v) is 2.63. The summed E-state index contributed by atoms with van der Waals surface area (Å²) in [6, 6.07) is 8.60. The maximum absolute atomic E-state index is 12.1. The third kappa shape index (κ3) is 4.37. The largest absolute Gasteiger partial charge is 0.467 e. The van der Waals surface area contributed by atoms with Crippen molar-refractivity contribution in [3.63, 3.8) is 0 Å². The normalized spacial score (nSPS) is 13.1. The van der Waals surface area contributed by atoms with Gasteiger partial charge in [0.2, 0.25) is 0 Å². The molecule has 0 unspecified atom stereocenters. The fraction of sp³-hybridized carbons (Fsp3) is 0.235. The van der Waals surface area contributed by atoms with Crippen molar-refractivity contribution in [2.75, 3.05) is 6.79 Å². The van der Waals surface area contributed by atoms with Crippen LogP contribution < -0.4 is 9.47 Å². The molecule has 0 aliphatic carbocycles. The van der Waals surface area contributed by atoms with Crippen LogP contribution in [0, 0.1) is 0 Å². The number of rotatable bonds is 5. The Labute approximate surface area is 147 Å². The number of benzene rings is 2. The monoisotopic (exact) mass is 370 g/mol. The molecule has 0 aromatic heterocycles. The molecule has 0 atom stereocenters. The Hall–Kier alpha value is -2.38. The van der Waals surface area contributed by atoms with E-state index in [1.807, 2.05) is 0 Å². The Morgan fingerprint density at radius 3 is 2.72 bits per heavy atom. The lowest BCUT2D eigenvalue weighted by molar-refractivity contribution is -0.0498. The molecule has 8 heteroatoms. The minimum absolute atomic E-state index is 0.0381. The minimum atomic E-state index is -2.92. The maximum atomic E-state index is 12.1. The second-order valence-electron chi connectivity index (χ2n) is 5.14. The molecular weight excluding hydrogens is 358 g/mol. The Morgan fingerprint density at radius 1 is 1.24 bits per heavy atom. The molecule has 0 saturated heterocycles. The van der Waals surface area contributed by atoms with Gasteiger partial charge in [0, 0.05) is 16.1 Å². The summed E-state index contributed by atoms with van der Waals surface area (Å²) in [4.78, 5) is 12.1. The van der Waals surface area contributed by atoms with Crippen LogP contribution in [0.5, 0.6) is 11.5 Å². The molecule has 0 bridgehead atoms. The van der Waals surface area contributed by atoms with Gasteiger partial charge in [-0.25, -0.2) is 4.79 Å². The van der Waals surface area contributed by atoms with E-state index in [4.69, 9.17) is 25.8 Å². The van der Waals surface area contributed by atoms with Gasteiger partial charge < -0.3 is 18.9 Å². The maximum Gasteiger partial charge on any atom is 0.387 e. The zero-order valence-electron chi connectivity index (χ0n) is 12.8. The molecule has 0 spiro atoms. The van der Waals surface area contributed by atoms with E-state index in [1.54, 1.807) is 12.1 Å². The van der Waals surface area contributed by atoms with Gasteiger partial charge in [-0.15, -0.1) is 0 Å². The van der Waals surface area contributed by atoms with Gasteiger partial charge in [-0.05, 0) is 36.4 Å². The van der Waals surface area contributed by atoms with Crippen molar-refractivity contribution in [2.24, 2.45) is 0 Å². The van der Waals surface area contributed by atoms with Crippen molar-refractivity contribution in [2.45, 2.75) is 19.8 Å². The number of fused-ring (bicyclic) bond motifs is 1. The van der Waals surface area contributed by atoms with Crippen molar-refractivity contribution < 1.29 is 32.5 Å². The number of hydrogen-bond acceptors (Lipinski definition) is 5. The molecule has 25 heavy (non-hydrogen) atoms. The van der Waals surface area contributed by atoms with E-state index >= 15 is 0 Å². The molecule has 132 valence electrons. The highest BCUT2D eigenvalue weighted by Gasteiger charge is 2.18. The van der Waals surface area contributed by atoms with E-state index in [0.717, 1.165) is 5.56 Å². The number of carbonyl (C=O) groups excluding carboxylic acids is 1. The molecular formula is C17H13ClF2O5. The smallest absolute Gasteiger partial charge is 0.387 e. The summed E-state index contributed by atoms with van der Waals surface area (Å²) in [5, 5.41) is 0.479. The van der Waals surface area contributed by atoms with Gasteiger partial charge in [0.15, 0.2) is 6.79 Å². The van der Waals surface area contributed by atoms with E-state index in [2.05, 4.69) is 4.74 Å². The van der Waals surface area contributed by atoms with Crippen LogP contribution in [0.25, 0.3) is 0 Å². The third-order valence-electron chi connectivity index (χ3n) is 3.43. The quantitative estimate of drug-likeness (QED) is 0.739. The summed E-state index contributed by atoms with van der Waals surface area (Å²) < 4.78 is 44.3. The Kier molecular flexibility index (Phi) is 5.35. The van der Waals surface area contributed by atoms with Crippen LogP contribution in [0.4, 0.5) is 8.78 Å². The zero-order chi connectivity index (χ0) is 17.8. The lowest BCUT2D eigenvalue weighted by atomic mass is 10.1. The number of esters is 1.